The van der Waals surface area contributed by atoms with E-state index in [2.05, 4.69) is 20.8 Å². The van der Waals surface area contributed by atoms with Crippen molar-refractivity contribution in [1.29, 1.82) is 0 Å². The van der Waals surface area contributed by atoms with Gasteiger partial charge in [0.1, 0.15) is 12.1 Å². The van der Waals surface area contributed by atoms with Crippen LogP contribution in [0.5, 0.6) is 0 Å². The summed E-state index contributed by atoms with van der Waals surface area (Å²) in [6.45, 7) is 0.840. The van der Waals surface area contributed by atoms with Gasteiger partial charge in [-0.25, -0.2) is 9.48 Å². The maximum absolute atomic E-state index is 12.9. The highest BCUT2D eigenvalue weighted by Gasteiger charge is 2.16. The molecule has 0 radical (unpaired) electrons. The summed E-state index contributed by atoms with van der Waals surface area (Å²) in [4.78, 5) is 14.6. The number of amides is 2. The molecule has 0 fully saturated rings. The molecule has 2 aromatic carbocycles. The third kappa shape index (κ3) is 4.24. The molecule has 2 amide bonds. The first-order valence-corrected chi connectivity index (χ1v) is 8.73. The van der Waals surface area contributed by atoms with Gasteiger partial charge in [0.2, 0.25) is 0 Å². The highest BCUT2D eigenvalue weighted by Crippen LogP contribution is 2.16. The lowest BCUT2D eigenvalue weighted by molar-refractivity contribution is 0.201. The summed E-state index contributed by atoms with van der Waals surface area (Å²) in [5, 5.41) is 14.0. The molecular weight excluding hydrogens is 356 g/mol. The van der Waals surface area contributed by atoms with Gasteiger partial charge >= 0.3 is 6.03 Å². The minimum atomic E-state index is -0.213. The Balaban J connectivity index is 1.48. The van der Waals surface area contributed by atoms with Crippen molar-refractivity contribution < 1.29 is 9.21 Å². The van der Waals surface area contributed by atoms with Gasteiger partial charge in [0.05, 0.1) is 18.5 Å². The van der Waals surface area contributed by atoms with Gasteiger partial charge in [-0.3, -0.25) is 0 Å². The van der Waals surface area contributed by atoms with Crippen LogP contribution in [-0.4, -0.2) is 31.1 Å². The first kappa shape index (κ1) is 17.5. The second-order valence-electron chi connectivity index (χ2n) is 6.15. The molecule has 0 spiro atoms. The topological polar surface area (TPSA) is 89.1 Å². The van der Waals surface area contributed by atoms with Crippen molar-refractivity contribution in [1.82, 2.24) is 25.1 Å². The van der Waals surface area contributed by atoms with Crippen LogP contribution in [-0.2, 0) is 13.1 Å². The summed E-state index contributed by atoms with van der Waals surface area (Å²) < 4.78 is 6.96. The zero-order valence-electron chi connectivity index (χ0n) is 15.0. The van der Waals surface area contributed by atoms with Gasteiger partial charge in [-0.05, 0) is 52.4 Å². The van der Waals surface area contributed by atoms with Gasteiger partial charge in [-0.15, -0.1) is 5.10 Å². The van der Waals surface area contributed by atoms with Crippen LogP contribution >= 0.6 is 0 Å². The summed E-state index contributed by atoms with van der Waals surface area (Å²) in [5.41, 5.74) is 2.53. The molecule has 2 aromatic heterocycles. The first-order valence-electron chi connectivity index (χ1n) is 8.73. The number of benzene rings is 2. The quantitative estimate of drug-likeness (QED) is 0.558. The molecule has 4 aromatic rings. The van der Waals surface area contributed by atoms with E-state index in [4.69, 9.17) is 4.42 Å². The molecule has 1 N–H and O–H groups in total. The molecule has 0 aliphatic carbocycles. The number of nitrogens with one attached hydrogen (secondary N) is 1. The lowest BCUT2D eigenvalue weighted by Crippen LogP contribution is -2.33. The van der Waals surface area contributed by atoms with Crippen LogP contribution in [0.3, 0.4) is 0 Å². The smallest absolute Gasteiger partial charge is 0.322 e. The average molecular weight is 374 g/mol. The Bertz CT molecular complexity index is 999. The summed E-state index contributed by atoms with van der Waals surface area (Å²) >= 11 is 0. The minimum Gasteiger partial charge on any atom is -0.467 e. The Labute approximate surface area is 161 Å². The number of furan rings is 1. The lowest BCUT2D eigenvalue weighted by Gasteiger charge is -2.22. The lowest BCUT2D eigenvalue weighted by atomic mass is 10.2. The third-order valence-electron chi connectivity index (χ3n) is 4.16. The van der Waals surface area contributed by atoms with E-state index in [-0.39, 0.29) is 6.03 Å². The van der Waals surface area contributed by atoms with Crippen molar-refractivity contribution in [2.75, 3.05) is 5.32 Å². The van der Waals surface area contributed by atoms with E-state index in [1.54, 1.807) is 15.8 Å². The molecule has 0 atom stereocenters. The normalized spacial score (nSPS) is 10.6. The Kier molecular flexibility index (Phi) is 5.10. The van der Waals surface area contributed by atoms with Crippen molar-refractivity contribution in [2.24, 2.45) is 0 Å². The molecule has 140 valence electrons. The van der Waals surface area contributed by atoms with E-state index in [9.17, 15) is 4.79 Å². The number of carbonyl (C=O) groups is 1. The van der Waals surface area contributed by atoms with Crippen LogP contribution in [0.1, 0.15) is 11.3 Å². The SMILES string of the molecule is O=C(Nc1ccc(-n2cnnn2)cc1)N(Cc1ccccc1)Cc1ccco1. The van der Waals surface area contributed by atoms with Gasteiger partial charge in [0, 0.05) is 12.2 Å². The average Bonchev–Trinajstić information content (AvgIpc) is 3.43. The van der Waals surface area contributed by atoms with Gasteiger partial charge in [0.15, 0.2) is 0 Å². The Morgan fingerprint density at radius 3 is 2.50 bits per heavy atom. The van der Waals surface area contributed by atoms with E-state index < -0.39 is 0 Å². The van der Waals surface area contributed by atoms with Crippen molar-refractivity contribution in [3.63, 3.8) is 0 Å². The zero-order valence-corrected chi connectivity index (χ0v) is 15.0. The molecule has 8 nitrogen and oxygen atoms in total. The van der Waals surface area contributed by atoms with E-state index in [0.29, 0.717) is 18.8 Å². The van der Waals surface area contributed by atoms with Crippen LogP contribution in [0.25, 0.3) is 5.69 Å². The van der Waals surface area contributed by atoms with Gasteiger partial charge in [0.25, 0.3) is 0 Å². The number of carbonyl (C=O) groups excluding carboxylic acids is 1. The number of aromatic nitrogens is 4. The number of urea groups is 1. The summed E-state index contributed by atoms with van der Waals surface area (Å²) in [6.07, 6.45) is 3.12. The van der Waals surface area contributed by atoms with E-state index >= 15 is 0 Å². The van der Waals surface area contributed by atoms with Gasteiger partial charge < -0.3 is 14.6 Å². The first-order chi connectivity index (χ1) is 13.8. The van der Waals surface area contributed by atoms with Crippen LogP contribution in [0.4, 0.5) is 10.5 Å². The summed E-state index contributed by atoms with van der Waals surface area (Å²) in [7, 11) is 0. The van der Waals surface area contributed by atoms with Crippen LogP contribution in [0.15, 0.2) is 83.7 Å². The van der Waals surface area contributed by atoms with Crippen LogP contribution < -0.4 is 5.32 Å². The minimum absolute atomic E-state index is 0.213. The number of rotatable bonds is 6. The second kappa shape index (κ2) is 8.17. The highest BCUT2D eigenvalue weighted by atomic mass is 16.3. The Hall–Kier alpha value is -3.94. The maximum atomic E-state index is 12.9. The Morgan fingerprint density at radius 2 is 1.82 bits per heavy atom. The van der Waals surface area contributed by atoms with Crippen molar-refractivity contribution in [2.45, 2.75) is 13.1 Å². The molecule has 0 aliphatic heterocycles. The van der Waals surface area contributed by atoms with Crippen LogP contribution in [0.2, 0.25) is 0 Å². The van der Waals surface area contributed by atoms with E-state index in [0.717, 1.165) is 17.0 Å². The van der Waals surface area contributed by atoms with Crippen molar-refractivity contribution >= 4 is 11.7 Å². The molecule has 0 bridgehead atoms. The fraction of sp³-hybridized carbons (Fsp3) is 0.100. The second-order valence-corrected chi connectivity index (χ2v) is 6.15. The fourth-order valence-electron chi connectivity index (χ4n) is 2.77. The van der Waals surface area contributed by atoms with Crippen molar-refractivity contribution in [3.8, 4) is 5.69 Å². The molecule has 0 saturated carbocycles. The standard InChI is InChI=1S/C20H18N6O2/c27-20(22-17-8-10-18(11-9-17)26-15-21-23-24-26)25(14-19-7-4-12-28-19)13-16-5-2-1-3-6-16/h1-12,15H,13-14H2,(H,22,27). The number of nitrogens with zero attached hydrogens (tertiary/aromatic N) is 5. The molecule has 0 unspecified atom stereocenters. The van der Waals surface area contributed by atoms with Gasteiger partial charge in [-0.2, -0.15) is 0 Å². The van der Waals surface area contributed by atoms with E-state index in [1.807, 2.05) is 66.7 Å². The van der Waals surface area contributed by atoms with Gasteiger partial charge in [-0.1, -0.05) is 30.3 Å². The summed E-state index contributed by atoms with van der Waals surface area (Å²) in [5.74, 6) is 0.722. The fourth-order valence-corrected chi connectivity index (χ4v) is 2.77. The number of hydrogen-bond acceptors (Lipinski definition) is 5. The molecule has 8 heteroatoms. The predicted octanol–water partition coefficient (Wildman–Crippen LogP) is 3.49. The van der Waals surface area contributed by atoms with Crippen molar-refractivity contribution in [3.05, 3.63) is 90.6 Å². The number of tetrazole rings is 1. The molecule has 0 aliphatic rings. The molecule has 4 rings (SSSR count). The Morgan fingerprint density at radius 1 is 1.00 bits per heavy atom. The largest absolute Gasteiger partial charge is 0.467 e. The van der Waals surface area contributed by atoms with E-state index in [1.165, 1.54) is 6.33 Å². The maximum Gasteiger partial charge on any atom is 0.322 e. The molecule has 2 heterocycles. The molecule has 0 saturated heterocycles. The predicted molar refractivity (Wildman–Crippen MR) is 103 cm³/mol. The zero-order chi connectivity index (χ0) is 19.2. The monoisotopic (exact) mass is 374 g/mol. The molecular formula is C20H18N6O2. The highest BCUT2D eigenvalue weighted by molar-refractivity contribution is 5.89. The molecule has 28 heavy (non-hydrogen) atoms. The summed E-state index contributed by atoms with van der Waals surface area (Å²) in [6, 6.07) is 20.6. The number of anilines is 1. The van der Waals surface area contributed by atoms with Crippen LogP contribution in [0, 0.1) is 0 Å². The number of hydrogen-bond donors (Lipinski definition) is 1. The third-order valence-corrected chi connectivity index (χ3v) is 4.16.